The lowest BCUT2D eigenvalue weighted by Gasteiger charge is -2.07. The van der Waals surface area contributed by atoms with Gasteiger partial charge in [0.2, 0.25) is 5.91 Å². The van der Waals surface area contributed by atoms with Gasteiger partial charge < -0.3 is 16.0 Å². The van der Waals surface area contributed by atoms with E-state index in [2.05, 4.69) is 20.9 Å². The van der Waals surface area contributed by atoms with Gasteiger partial charge in [-0.05, 0) is 18.6 Å². The van der Waals surface area contributed by atoms with E-state index < -0.39 is 6.03 Å². The molecule has 0 spiro atoms. The van der Waals surface area contributed by atoms with Crippen molar-refractivity contribution in [1.29, 1.82) is 0 Å². The molecule has 0 bridgehead atoms. The highest BCUT2D eigenvalue weighted by atomic mass is 16.2. The quantitative estimate of drug-likeness (QED) is 0.704. The van der Waals surface area contributed by atoms with Crippen LogP contribution in [0.5, 0.6) is 0 Å². The summed E-state index contributed by atoms with van der Waals surface area (Å²) in [7, 11) is 0. The summed E-state index contributed by atoms with van der Waals surface area (Å²) >= 11 is 0. The maximum atomic E-state index is 11.4. The summed E-state index contributed by atoms with van der Waals surface area (Å²) in [5.74, 6) is -0.197. The van der Waals surface area contributed by atoms with E-state index in [1.807, 2.05) is 6.92 Å². The fourth-order valence-electron chi connectivity index (χ4n) is 1.10. The lowest BCUT2D eigenvalue weighted by Crippen LogP contribution is -2.39. The molecular weight excluding hydrogens is 220 g/mol. The molecule has 0 aliphatic rings. The molecule has 6 nitrogen and oxygen atoms in total. The molecule has 17 heavy (non-hydrogen) atoms. The third-order valence-corrected chi connectivity index (χ3v) is 1.92. The monoisotopic (exact) mass is 236 g/mol. The van der Waals surface area contributed by atoms with Crippen LogP contribution < -0.4 is 16.0 Å². The van der Waals surface area contributed by atoms with Gasteiger partial charge in [0.05, 0.1) is 6.54 Å². The van der Waals surface area contributed by atoms with Crippen molar-refractivity contribution in [1.82, 2.24) is 15.6 Å². The van der Waals surface area contributed by atoms with Gasteiger partial charge in [0, 0.05) is 24.6 Å². The standard InChI is InChI=1S/C11H16N4O2/c1-2-5-13-10(16)8-14-11(17)15-9-3-6-12-7-4-9/h3-4,6-7H,2,5,8H2,1H3,(H,13,16)(H2,12,14,15,17). The van der Waals surface area contributed by atoms with E-state index in [9.17, 15) is 9.59 Å². The molecule has 6 heteroatoms. The second-order valence-electron chi connectivity index (χ2n) is 3.39. The number of urea groups is 1. The number of hydrogen-bond donors (Lipinski definition) is 3. The van der Waals surface area contributed by atoms with Crippen LogP contribution in [0.3, 0.4) is 0 Å². The molecule has 3 N–H and O–H groups in total. The average Bonchev–Trinajstić information content (AvgIpc) is 2.35. The van der Waals surface area contributed by atoms with Gasteiger partial charge in [-0.15, -0.1) is 0 Å². The molecule has 0 radical (unpaired) electrons. The number of carbonyl (C=O) groups excluding carboxylic acids is 2. The minimum atomic E-state index is -0.414. The van der Waals surface area contributed by atoms with Crippen LogP contribution in [0.2, 0.25) is 0 Å². The van der Waals surface area contributed by atoms with Gasteiger partial charge in [-0.2, -0.15) is 0 Å². The van der Waals surface area contributed by atoms with E-state index >= 15 is 0 Å². The Labute approximate surface area is 99.8 Å². The zero-order valence-corrected chi connectivity index (χ0v) is 9.69. The lowest BCUT2D eigenvalue weighted by molar-refractivity contribution is -0.120. The van der Waals surface area contributed by atoms with E-state index in [0.29, 0.717) is 12.2 Å². The minimum absolute atomic E-state index is 0.0308. The third kappa shape index (κ3) is 5.50. The SMILES string of the molecule is CCCNC(=O)CNC(=O)Nc1ccncc1. The Morgan fingerprint density at radius 1 is 1.24 bits per heavy atom. The van der Waals surface area contributed by atoms with Gasteiger partial charge in [0.15, 0.2) is 0 Å². The highest BCUT2D eigenvalue weighted by Gasteiger charge is 2.04. The van der Waals surface area contributed by atoms with E-state index in [0.717, 1.165) is 6.42 Å². The Balaban J connectivity index is 2.24. The van der Waals surface area contributed by atoms with Crippen LogP contribution in [-0.2, 0) is 4.79 Å². The van der Waals surface area contributed by atoms with Gasteiger partial charge in [-0.1, -0.05) is 6.92 Å². The highest BCUT2D eigenvalue weighted by Crippen LogP contribution is 2.01. The number of amides is 3. The first-order valence-corrected chi connectivity index (χ1v) is 5.44. The number of nitrogens with zero attached hydrogens (tertiary/aromatic N) is 1. The maximum Gasteiger partial charge on any atom is 0.319 e. The molecule has 0 aromatic carbocycles. The molecule has 0 saturated carbocycles. The molecule has 0 saturated heterocycles. The van der Waals surface area contributed by atoms with Crippen molar-refractivity contribution in [2.45, 2.75) is 13.3 Å². The first-order chi connectivity index (χ1) is 8.22. The second-order valence-corrected chi connectivity index (χ2v) is 3.39. The Hall–Kier alpha value is -2.11. The van der Waals surface area contributed by atoms with Crippen molar-refractivity contribution in [3.63, 3.8) is 0 Å². The topological polar surface area (TPSA) is 83.1 Å². The Bertz CT molecular complexity index is 367. The second kappa shape index (κ2) is 7.21. The van der Waals surface area contributed by atoms with E-state index in [-0.39, 0.29) is 12.5 Å². The molecule has 0 aliphatic heterocycles. The summed E-state index contributed by atoms with van der Waals surface area (Å²) in [6.07, 6.45) is 4.02. The van der Waals surface area contributed by atoms with Gasteiger partial charge in [-0.25, -0.2) is 4.79 Å². The Kier molecular flexibility index (Phi) is 5.50. The van der Waals surface area contributed by atoms with Crippen molar-refractivity contribution in [3.05, 3.63) is 24.5 Å². The van der Waals surface area contributed by atoms with Crippen molar-refractivity contribution < 1.29 is 9.59 Å². The predicted molar refractivity (Wildman–Crippen MR) is 64.6 cm³/mol. The molecule has 0 aliphatic carbocycles. The number of anilines is 1. The third-order valence-electron chi connectivity index (χ3n) is 1.92. The zero-order chi connectivity index (χ0) is 12.5. The molecule has 1 aromatic rings. The Morgan fingerprint density at radius 2 is 1.94 bits per heavy atom. The summed E-state index contributed by atoms with van der Waals surface area (Å²) in [5.41, 5.74) is 0.631. The average molecular weight is 236 g/mol. The largest absolute Gasteiger partial charge is 0.355 e. The molecular formula is C11H16N4O2. The molecule has 3 amide bonds. The molecule has 0 fully saturated rings. The molecule has 1 heterocycles. The summed E-state index contributed by atoms with van der Waals surface area (Å²) in [6.45, 7) is 2.55. The van der Waals surface area contributed by atoms with Crippen molar-refractivity contribution >= 4 is 17.6 Å². The summed E-state index contributed by atoms with van der Waals surface area (Å²) < 4.78 is 0. The van der Waals surface area contributed by atoms with Crippen LogP contribution in [0, 0.1) is 0 Å². The summed E-state index contributed by atoms with van der Waals surface area (Å²) in [6, 6.07) is 2.91. The number of hydrogen-bond acceptors (Lipinski definition) is 3. The summed E-state index contributed by atoms with van der Waals surface area (Å²) in [5, 5.41) is 7.70. The fraction of sp³-hybridized carbons (Fsp3) is 0.364. The van der Waals surface area contributed by atoms with Crippen LogP contribution in [0.4, 0.5) is 10.5 Å². The molecule has 0 unspecified atom stereocenters. The smallest absolute Gasteiger partial charge is 0.319 e. The van der Waals surface area contributed by atoms with E-state index in [1.165, 1.54) is 0 Å². The number of nitrogens with one attached hydrogen (secondary N) is 3. The molecule has 1 rings (SSSR count). The van der Waals surface area contributed by atoms with Crippen molar-refractivity contribution in [2.24, 2.45) is 0 Å². The van der Waals surface area contributed by atoms with Gasteiger partial charge in [-0.3, -0.25) is 9.78 Å². The predicted octanol–water partition coefficient (Wildman–Crippen LogP) is 0.729. The first kappa shape index (κ1) is 13.0. The zero-order valence-electron chi connectivity index (χ0n) is 9.69. The number of aromatic nitrogens is 1. The fourth-order valence-corrected chi connectivity index (χ4v) is 1.10. The first-order valence-electron chi connectivity index (χ1n) is 5.44. The van der Waals surface area contributed by atoms with Crippen LogP contribution in [-0.4, -0.2) is 30.0 Å². The molecule has 92 valence electrons. The van der Waals surface area contributed by atoms with Gasteiger partial charge >= 0.3 is 6.03 Å². The Morgan fingerprint density at radius 3 is 2.59 bits per heavy atom. The van der Waals surface area contributed by atoms with Crippen molar-refractivity contribution in [2.75, 3.05) is 18.4 Å². The van der Waals surface area contributed by atoms with Crippen LogP contribution >= 0.6 is 0 Å². The van der Waals surface area contributed by atoms with Crippen molar-refractivity contribution in [3.8, 4) is 0 Å². The minimum Gasteiger partial charge on any atom is -0.355 e. The van der Waals surface area contributed by atoms with Gasteiger partial charge in [0.1, 0.15) is 0 Å². The van der Waals surface area contributed by atoms with E-state index in [1.54, 1.807) is 24.5 Å². The molecule has 1 aromatic heterocycles. The number of pyridine rings is 1. The van der Waals surface area contributed by atoms with Crippen LogP contribution in [0.1, 0.15) is 13.3 Å². The van der Waals surface area contributed by atoms with Gasteiger partial charge in [0.25, 0.3) is 0 Å². The molecule has 0 atom stereocenters. The maximum absolute atomic E-state index is 11.4. The van der Waals surface area contributed by atoms with Crippen LogP contribution in [0.25, 0.3) is 0 Å². The normalized spacial score (nSPS) is 9.47. The summed E-state index contributed by atoms with van der Waals surface area (Å²) in [4.78, 5) is 26.4. The number of rotatable bonds is 5. The number of carbonyl (C=O) groups is 2. The highest BCUT2D eigenvalue weighted by molar-refractivity contribution is 5.92. The lowest BCUT2D eigenvalue weighted by atomic mass is 10.4. The van der Waals surface area contributed by atoms with Crippen LogP contribution in [0.15, 0.2) is 24.5 Å². The van der Waals surface area contributed by atoms with E-state index in [4.69, 9.17) is 0 Å².